The summed E-state index contributed by atoms with van der Waals surface area (Å²) in [6.07, 6.45) is 1.88. The monoisotopic (exact) mass is 336 g/mol. The molecule has 122 valence electrons. The van der Waals surface area contributed by atoms with Crippen LogP contribution in [0.25, 0.3) is 11.1 Å². The highest BCUT2D eigenvalue weighted by atomic mass is 32.2. The molecule has 0 N–H and O–H groups in total. The summed E-state index contributed by atoms with van der Waals surface area (Å²) in [7, 11) is -2.34. The molecule has 0 fully saturated rings. The molecule has 0 radical (unpaired) electrons. The topological polar surface area (TPSA) is 102 Å². The van der Waals surface area contributed by atoms with Crippen LogP contribution in [0.5, 0.6) is 0 Å². The van der Waals surface area contributed by atoms with Gasteiger partial charge in [-0.2, -0.15) is 0 Å². The Kier molecular flexibility index (Phi) is 3.59. The van der Waals surface area contributed by atoms with Crippen LogP contribution in [-0.4, -0.2) is 30.8 Å². The fourth-order valence-electron chi connectivity index (χ4n) is 2.46. The normalized spacial score (nSPS) is 12.0. The van der Waals surface area contributed by atoms with Gasteiger partial charge in [-0.1, -0.05) is 17.2 Å². The van der Waals surface area contributed by atoms with Gasteiger partial charge in [0.25, 0.3) is 15.7 Å². The number of nitrogens with zero attached hydrogens (tertiary/aromatic N) is 4. The number of aromatic nitrogens is 3. The van der Waals surface area contributed by atoms with Crippen molar-refractivity contribution in [1.29, 1.82) is 0 Å². The number of hydrogen-bond acceptors (Lipinski definition) is 7. The average Bonchev–Trinajstić information content (AvgIpc) is 3.09. The molecule has 3 aromatic rings. The number of aryl methyl sites for hydroxylation is 3. The van der Waals surface area contributed by atoms with Crippen molar-refractivity contribution in [3.63, 3.8) is 0 Å². The molecule has 9 heteroatoms. The third-order valence-electron chi connectivity index (χ3n) is 3.68. The van der Waals surface area contributed by atoms with Crippen molar-refractivity contribution < 1.29 is 17.5 Å². The molecule has 0 saturated heterocycles. The predicted molar refractivity (Wildman–Crippen MR) is 82.7 cm³/mol. The number of hydrogen-bond donors (Lipinski definition) is 0. The van der Waals surface area contributed by atoms with E-state index in [0.29, 0.717) is 40.4 Å². The average molecular weight is 336 g/mol. The van der Waals surface area contributed by atoms with Crippen LogP contribution in [0, 0.1) is 13.8 Å². The molecule has 3 heterocycles. The van der Waals surface area contributed by atoms with Gasteiger partial charge in [-0.05, 0) is 26.3 Å². The summed E-state index contributed by atoms with van der Waals surface area (Å²) >= 11 is 0. The van der Waals surface area contributed by atoms with Crippen molar-refractivity contribution in [3.05, 3.63) is 29.4 Å². The standard InChI is InChI=1S/C14H16N4O4S/c1-5-12-11-6-10(7-15-14(11)22-17-12)23(19,20)18(4)13-8(2)16-21-9(13)3/h6-7H,5H2,1-4H3. The Balaban J connectivity index is 2.12. The number of anilines is 1. The largest absolute Gasteiger partial charge is 0.359 e. The third kappa shape index (κ3) is 2.37. The van der Waals surface area contributed by atoms with E-state index in [0.717, 1.165) is 4.31 Å². The van der Waals surface area contributed by atoms with Crippen LogP contribution in [0.4, 0.5) is 5.69 Å². The summed E-state index contributed by atoms with van der Waals surface area (Å²) in [5.74, 6) is 0.432. The minimum atomic E-state index is -3.80. The Labute approximate surface area is 133 Å². The Bertz CT molecular complexity index is 954. The van der Waals surface area contributed by atoms with Crippen molar-refractivity contribution in [3.8, 4) is 0 Å². The summed E-state index contributed by atoms with van der Waals surface area (Å²) in [4.78, 5) is 4.11. The summed E-state index contributed by atoms with van der Waals surface area (Å²) in [6, 6.07) is 1.53. The minimum absolute atomic E-state index is 0.0606. The summed E-state index contributed by atoms with van der Waals surface area (Å²) in [6.45, 7) is 5.26. The second-order valence-electron chi connectivity index (χ2n) is 5.15. The van der Waals surface area contributed by atoms with Gasteiger partial charge in [0.05, 0.1) is 17.3 Å². The lowest BCUT2D eigenvalue weighted by atomic mass is 10.2. The van der Waals surface area contributed by atoms with E-state index < -0.39 is 10.0 Å². The van der Waals surface area contributed by atoms with Gasteiger partial charge in [0.1, 0.15) is 16.3 Å². The van der Waals surface area contributed by atoms with Crippen LogP contribution in [0.1, 0.15) is 24.1 Å². The zero-order valence-electron chi connectivity index (χ0n) is 13.2. The van der Waals surface area contributed by atoms with E-state index in [2.05, 4.69) is 15.3 Å². The second-order valence-corrected chi connectivity index (χ2v) is 7.12. The molecule has 0 aliphatic heterocycles. The maximum absolute atomic E-state index is 12.9. The molecule has 0 saturated carbocycles. The molecular weight excluding hydrogens is 320 g/mol. The van der Waals surface area contributed by atoms with Gasteiger partial charge in [-0.15, -0.1) is 0 Å². The van der Waals surface area contributed by atoms with Gasteiger partial charge in [0.2, 0.25) is 0 Å². The van der Waals surface area contributed by atoms with Gasteiger partial charge in [0.15, 0.2) is 5.76 Å². The first kappa shape index (κ1) is 15.5. The molecule has 0 atom stereocenters. The molecule has 3 aromatic heterocycles. The summed E-state index contributed by atoms with van der Waals surface area (Å²) < 4.78 is 37.0. The van der Waals surface area contributed by atoms with Gasteiger partial charge in [-0.3, -0.25) is 4.31 Å². The van der Waals surface area contributed by atoms with Crippen LogP contribution >= 0.6 is 0 Å². The SMILES string of the molecule is CCc1noc2ncc(S(=O)(=O)N(C)c3c(C)noc3C)cc12. The lowest BCUT2D eigenvalue weighted by molar-refractivity contribution is 0.393. The molecule has 0 amide bonds. The molecule has 0 aliphatic rings. The Hall–Kier alpha value is -2.42. The van der Waals surface area contributed by atoms with Crippen molar-refractivity contribution in [1.82, 2.24) is 15.3 Å². The molecule has 3 rings (SSSR count). The van der Waals surface area contributed by atoms with E-state index in [9.17, 15) is 8.42 Å². The third-order valence-corrected chi connectivity index (χ3v) is 5.41. The van der Waals surface area contributed by atoms with Crippen LogP contribution < -0.4 is 4.31 Å². The molecule has 0 aromatic carbocycles. The minimum Gasteiger partial charge on any atom is -0.359 e. The van der Waals surface area contributed by atoms with E-state index in [1.165, 1.54) is 19.3 Å². The Morgan fingerprint density at radius 3 is 2.57 bits per heavy atom. The molecule has 0 bridgehead atoms. The Morgan fingerprint density at radius 1 is 1.22 bits per heavy atom. The first-order chi connectivity index (χ1) is 10.9. The Morgan fingerprint density at radius 2 is 1.96 bits per heavy atom. The maximum atomic E-state index is 12.9. The van der Waals surface area contributed by atoms with Crippen LogP contribution in [-0.2, 0) is 16.4 Å². The van der Waals surface area contributed by atoms with Crippen molar-refractivity contribution >= 4 is 26.8 Å². The first-order valence-corrected chi connectivity index (χ1v) is 8.46. The number of pyridine rings is 1. The van der Waals surface area contributed by atoms with Crippen LogP contribution in [0.15, 0.2) is 26.2 Å². The lowest BCUT2D eigenvalue weighted by Gasteiger charge is -2.18. The molecule has 23 heavy (non-hydrogen) atoms. The summed E-state index contributed by atoms with van der Waals surface area (Å²) in [5, 5.41) is 8.28. The number of sulfonamides is 1. The lowest BCUT2D eigenvalue weighted by Crippen LogP contribution is -2.27. The molecular formula is C14H16N4O4S. The smallest absolute Gasteiger partial charge is 0.265 e. The van der Waals surface area contributed by atoms with Crippen molar-refractivity contribution in [2.24, 2.45) is 0 Å². The number of rotatable bonds is 4. The molecule has 8 nitrogen and oxygen atoms in total. The second kappa shape index (κ2) is 5.34. The molecule has 0 spiro atoms. The van der Waals surface area contributed by atoms with E-state index in [1.807, 2.05) is 6.92 Å². The number of fused-ring (bicyclic) bond motifs is 1. The van der Waals surface area contributed by atoms with Crippen molar-refractivity contribution in [2.45, 2.75) is 32.1 Å². The van der Waals surface area contributed by atoms with Gasteiger partial charge in [0, 0.05) is 7.05 Å². The zero-order valence-corrected chi connectivity index (χ0v) is 14.0. The van der Waals surface area contributed by atoms with Gasteiger partial charge < -0.3 is 9.05 Å². The first-order valence-electron chi connectivity index (χ1n) is 7.02. The fraction of sp³-hybridized carbons (Fsp3) is 0.357. The van der Waals surface area contributed by atoms with Crippen molar-refractivity contribution in [2.75, 3.05) is 11.4 Å². The maximum Gasteiger partial charge on any atom is 0.265 e. The predicted octanol–water partition coefficient (Wildman–Crippen LogP) is 2.22. The van der Waals surface area contributed by atoms with Gasteiger partial charge in [-0.25, -0.2) is 13.4 Å². The zero-order chi connectivity index (χ0) is 16.8. The molecule has 0 unspecified atom stereocenters. The summed E-state index contributed by atoms with van der Waals surface area (Å²) in [5.41, 5.74) is 1.92. The highest BCUT2D eigenvalue weighted by molar-refractivity contribution is 7.92. The van der Waals surface area contributed by atoms with E-state index in [1.54, 1.807) is 13.8 Å². The van der Waals surface area contributed by atoms with Gasteiger partial charge >= 0.3 is 0 Å². The highest BCUT2D eigenvalue weighted by Gasteiger charge is 2.27. The highest BCUT2D eigenvalue weighted by Crippen LogP contribution is 2.29. The van der Waals surface area contributed by atoms with E-state index >= 15 is 0 Å². The van der Waals surface area contributed by atoms with E-state index in [-0.39, 0.29) is 4.90 Å². The van der Waals surface area contributed by atoms with E-state index in [4.69, 9.17) is 9.05 Å². The fourth-order valence-corrected chi connectivity index (χ4v) is 3.73. The quantitative estimate of drug-likeness (QED) is 0.719. The van der Waals surface area contributed by atoms with Crippen LogP contribution in [0.2, 0.25) is 0 Å². The van der Waals surface area contributed by atoms with Crippen LogP contribution in [0.3, 0.4) is 0 Å². The molecule has 0 aliphatic carbocycles.